The van der Waals surface area contributed by atoms with E-state index in [-0.39, 0.29) is 5.41 Å². The number of hydrogen-bond acceptors (Lipinski definition) is 2. The van der Waals surface area contributed by atoms with Gasteiger partial charge in [0.1, 0.15) is 0 Å². The van der Waals surface area contributed by atoms with Gasteiger partial charge in [0.2, 0.25) is 0 Å². The summed E-state index contributed by atoms with van der Waals surface area (Å²) in [5, 5.41) is 11.9. The summed E-state index contributed by atoms with van der Waals surface area (Å²) in [7, 11) is 0. The van der Waals surface area contributed by atoms with Gasteiger partial charge in [0, 0.05) is 22.0 Å². The first-order valence-corrected chi connectivity index (χ1v) is 7.56. The molecule has 2 nitrogen and oxygen atoms in total. The van der Waals surface area contributed by atoms with Gasteiger partial charge in [-0.05, 0) is 42.5 Å². The molecule has 0 amide bonds. The first-order valence-electron chi connectivity index (χ1n) is 6.81. The molecule has 3 atom stereocenters. The van der Waals surface area contributed by atoms with Crippen molar-refractivity contribution in [2.24, 2.45) is 17.1 Å². The molecule has 1 saturated carbocycles. The maximum atomic E-state index is 10.8. The van der Waals surface area contributed by atoms with Crippen LogP contribution in [-0.4, -0.2) is 11.7 Å². The fraction of sp³-hybridized carbons (Fsp3) is 0.600. The second-order valence-corrected chi connectivity index (χ2v) is 6.75. The average molecular weight is 302 g/mol. The zero-order valence-electron chi connectivity index (χ0n) is 11.2. The van der Waals surface area contributed by atoms with E-state index in [9.17, 15) is 5.11 Å². The Balaban J connectivity index is 2.31. The first kappa shape index (κ1) is 15.1. The average Bonchev–Trinajstić information content (AvgIpc) is 2.36. The van der Waals surface area contributed by atoms with Crippen molar-refractivity contribution < 1.29 is 5.11 Å². The molecule has 19 heavy (non-hydrogen) atoms. The maximum absolute atomic E-state index is 10.8. The van der Waals surface area contributed by atoms with Crippen LogP contribution < -0.4 is 5.73 Å². The van der Waals surface area contributed by atoms with Crippen LogP contribution in [0.1, 0.15) is 44.3 Å². The summed E-state index contributed by atoms with van der Waals surface area (Å²) in [6, 6.07) is 5.25. The molecule has 1 aliphatic rings. The van der Waals surface area contributed by atoms with E-state index in [0.717, 1.165) is 24.8 Å². The third-order valence-electron chi connectivity index (χ3n) is 4.31. The fourth-order valence-electron chi connectivity index (χ4n) is 3.33. The van der Waals surface area contributed by atoms with Crippen molar-refractivity contribution in [2.75, 3.05) is 6.54 Å². The van der Waals surface area contributed by atoms with Crippen LogP contribution in [0, 0.1) is 11.3 Å². The van der Waals surface area contributed by atoms with Gasteiger partial charge in [-0.3, -0.25) is 0 Å². The van der Waals surface area contributed by atoms with Gasteiger partial charge < -0.3 is 10.8 Å². The quantitative estimate of drug-likeness (QED) is 0.879. The highest BCUT2D eigenvalue weighted by atomic mass is 35.5. The molecule has 1 fully saturated rings. The zero-order valence-corrected chi connectivity index (χ0v) is 12.7. The summed E-state index contributed by atoms with van der Waals surface area (Å²) in [4.78, 5) is 0. The van der Waals surface area contributed by atoms with Crippen LogP contribution >= 0.6 is 23.2 Å². The summed E-state index contributed by atoms with van der Waals surface area (Å²) >= 11 is 12.0. The Morgan fingerprint density at radius 1 is 1.37 bits per heavy atom. The van der Waals surface area contributed by atoms with Crippen LogP contribution in [0.3, 0.4) is 0 Å². The summed E-state index contributed by atoms with van der Waals surface area (Å²) < 4.78 is 0. The molecule has 0 spiro atoms. The summed E-state index contributed by atoms with van der Waals surface area (Å²) in [5.41, 5.74) is 6.52. The topological polar surface area (TPSA) is 46.2 Å². The standard InChI is InChI=1S/C15H21Cl2NO/c1-10-3-2-4-15(8-10,9-18)14(19)11-5-12(16)7-13(17)6-11/h5-7,10,14,19H,2-4,8-9,18H2,1H3. The predicted molar refractivity (Wildman–Crippen MR) is 80.5 cm³/mol. The van der Waals surface area contributed by atoms with Gasteiger partial charge >= 0.3 is 0 Å². The van der Waals surface area contributed by atoms with E-state index in [1.807, 2.05) is 0 Å². The van der Waals surface area contributed by atoms with Crippen LogP contribution in [0.15, 0.2) is 18.2 Å². The molecule has 0 bridgehead atoms. The second-order valence-electron chi connectivity index (χ2n) is 5.87. The predicted octanol–water partition coefficient (Wildman–Crippen LogP) is 4.18. The number of rotatable bonds is 3. The first-order chi connectivity index (χ1) is 8.97. The minimum atomic E-state index is -0.601. The van der Waals surface area contributed by atoms with E-state index >= 15 is 0 Å². The Labute approximate surface area is 124 Å². The molecule has 0 heterocycles. The van der Waals surface area contributed by atoms with Crippen molar-refractivity contribution in [1.82, 2.24) is 0 Å². The maximum Gasteiger partial charge on any atom is 0.0859 e. The van der Waals surface area contributed by atoms with Gasteiger partial charge in [-0.15, -0.1) is 0 Å². The Kier molecular flexibility index (Phi) is 4.78. The third kappa shape index (κ3) is 3.25. The highest BCUT2D eigenvalue weighted by Gasteiger charge is 2.40. The molecule has 0 radical (unpaired) electrons. The SMILES string of the molecule is CC1CCCC(CN)(C(O)c2cc(Cl)cc(Cl)c2)C1. The molecule has 1 aromatic carbocycles. The van der Waals surface area contributed by atoms with Crippen molar-refractivity contribution in [3.05, 3.63) is 33.8 Å². The van der Waals surface area contributed by atoms with Gasteiger partial charge in [0.15, 0.2) is 0 Å². The van der Waals surface area contributed by atoms with Gasteiger partial charge in [-0.2, -0.15) is 0 Å². The molecule has 3 unspecified atom stereocenters. The van der Waals surface area contributed by atoms with E-state index in [1.54, 1.807) is 18.2 Å². The largest absolute Gasteiger partial charge is 0.388 e. The van der Waals surface area contributed by atoms with Gasteiger partial charge in [-0.1, -0.05) is 43.0 Å². The van der Waals surface area contributed by atoms with E-state index in [1.165, 1.54) is 6.42 Å². The number of aliphatic hydroxyl groups is 1. The Morgan fingerprint density at radius 3 is 2.53 bits per heavy atom. The monoisotopic (exact) mass is 301 g/mol. The number of benzene rings is 1. The van der Waals surface area contributed by atoms with Crippen LogP contribution in [0.25, 0.3) is 0 Å². The molecule has 0 aromatic heterocycles. The number of halogens is 2. The molecular weight excluding hydrogens is 281 g/mol. The van der Waals surface area contributed by atoms with Gasteiger partial charge in [0.25, 0.3) is 0 Å². The lowest BCUT2D eigenvalue weighted by Gasteiger charge is -2.43. The minimum Gasteiger partial charge on any atom is -0.388 e. The van der Waals surface area contributed by atoms with Gasteiger partial charge in [0.05, 0.1) is 6.10 Å². The van der Waals surface area contributed by atoms with E-state index in [4.69, 9.17) is 28.9 Å². The molecule has 1 aliphatic carbocycles. The lowest BCUT2D eigenvalue weighted by molar-refractivity contribution is -0.0130. The van der Waals surface area contributed by atoms with Crippen LogP contribution in [0.4, 0.5) is 0 Å². The smallest absolute Gasteiger partial charge is 0.0859 e. The van der Waals surface area contributed by atoms with E-state index < -0.39 is 6.10 Å². The Hall–Kier alpha value is -0.280. The van der Waals surface area contributed by atoms with E-state index in [0.29, 0.717) is 22.5 Å². The minimum absolute atomic E-state index is 0.244. The van der Waals surface area contributed by atoms with Crippen LogP contribution in [0.5, 0.6) is 0 Å². The lowest BCUT2D eigenvalue weighted by Crippen LogP contribution is -2.40. The van der Waals surface area contributed by atoms with Crippen LogP contribution in [-0.2, 0) is 0 Å². The highest BCUT2D eigenvalue weighted by Crippen LogP contribution is 2.47. The third-order valence-corrected chi connectivity index (χ3v) is 4.75. The zero-order chi connectivity index (χ0) is 14.0. The van der Waals surface area contributed by atoms with E-state index in [2.05, 4.69) is 6.92 Å². The molecular formula is C15H21Cl2NO. The normalized spacial score (nSPS) is 29.2. The lowest BCUT2D eigenvalue weighted by atomic mass is 9.65. The number of nitrogens with two attached hydrogens (primary N) is 1. The molecule has 3 N–H and O–H groups in total. The highest BCUT2D eigenvalue weighted by molar-refractivity contribution is 6.34. The molecule has 106 valence electrons. The van der Waals surface area contributed by atoms with Crippen molar-refractivity contribution in [3.63, 3.8) is 0 Å². The second kappa shape index (κ2) is 6.01. The molecule has 2 rings (SSSR count). The molecule has 4 heteroatoms. The molecule has 0 saturated heterocycles. The number of aliphatic hydroxyl groups excluding tert-OH is 1. The Bertz CT molecular complexity index is 432. The summed E-state index contributed by atoms with van der Waals surface area (Å²) in [5.74, 6) is 0.599. The van der Waals surface area contributed by atoms with Crippen molar-refractivity contribution >= 4 is 23.2 Å². The summed E-state index contributed by atoms with van der Waals surface area (Å²) in [6.45, 7) is 2.71. The molecule has 0 aliphatic heterocycles. The number of hydrogen-bond donors (Lipinski definition) is 2. The van der Waals surface area contributed by atoms with Gasteiger partial charge in [-0.25, -0.2) is 0 Å². The Morgan fingerprint density at radius 2 is 2.00 bits per heavy atom. The van der Waals surface area contributed by atoms with Crippen molar-refractivity contribution in [3.8, 4) is 0 Å². The van der Waals surface area contributed by atoms with Crippen molar-refractivity contribution in [2.45, 2.75) is 38.7 Å². The van der Waals surface area contributed by atoms with Crippen LogP contribution in [0.2, 0.25) is 10.0 Å². The molecule has 1 aromatic rings. The van der Waals surface area contributed by atoms with Crippen molar-refractivity contribution in [1.29, 1.82) is 0 Å². The summed E-state index contributed by atoms with van der Waals surface area (Å²) in [6.07, 6.45) is 3.64. The fourth-order valence-corrected chi connectivity index (χ4v) is 3.88.